The van der Waals surface area contributed by atoms with Gasteiger partial charge in [0, 0.05) is 70.2 Å². The SMILES string of the molecule is CCc1cc(CC)cc(C(CCN2CCC(n3cccc3)(n3ccc4ccccc43)CC2)c2ccc(-c3ccc(N(C)C)cc3)cc2)c1. The van der Waals surface area contributed by atoms with E-state index >= 15 is 0 Å². The first kappa shape index (κ1) is 32.0. The van der Waals surface area contributed by atoms with Gasteiger partial charge in [0.2, 0.25) is 0 Å². The first-order chi connectivity index (χ1) is 23.5. The number of likely N-dealkylation sites (tertiary alicyclic amines) is 1. The Morgan fingerprint density at radius 2 is 1.29 bits per heavy atom. The molecule has 0 amide bonds. The summed E-state index contributed by atoms with van der Waals surface area (Å²) in [5.74, 6) is 0.358. The van der Waals surface area contributed by atoms with Gasteiger partial charge >= 0.3 is 0 Å². The summed E-state index contributed by atoms with van der Waals surface area (Å²) in [6, 6.07) is 41.1. The van der Waals surface area contributed by atoms with Gasteiger partial charge in [-0.05, 0) is 101 Å². The molecule has 48 heavy (non-hydrogen) atoms. The summed E-state index contributed by atoms with van der Waals surface area (Å²) in [5, 5.41) is 1.31. The number of piperidine rings is 1. The van der Waals surface area contributed by atoms with E-state index in [4.69, 9.17) is 0 Å². The fourth-order valence-corrected chi connectivity index (χ4v) is 7.91. The van der Waals surface area contributed by atoms with Crippen LogP contribution < -0.4 is 4.90 Å². The van der Waals surface area contributed by atoms with Gasteiger partial charge in [0.25, 0.3) is 0 Å². The lowest BCUT2D eigenvalue weighted by molar-refractivity contribution is 0.0872. The molecule has 4 heteroatoms. The fourth-order valence-electron chi connectivity index (χ4n) is 7.91. The molecule has 246 valence electrons. The lowest BCUT2D eigenvalue weighted by Gasteiger charge is -2.45. The first-order valence-corrected chi connectivity index (χ1v) is 17.9. The number of hydrogen-bond acceptors (Lipinski definition) is 2. The average Bonchev–Trinajstić information content (AvgIpc) is 3.84. The predicted molar refractivity (Wildman–Crippen MR) is 203 cm³/mol. The topological polar surface area (TPSA) is 16.3 Å². The zero-order valence-electron chi connectivity index (χ0n) is 29.1. The Kier molecular flexibility index (Phi) is 9.28. The van der Waals surface area contributed by atoms with Crippen LogP contribution in [0.2, 0.25) is 0 Å². The van der Waals surface area contributed by atoms with E-state index in [9.17, 15) is 0 Å². The van der Waals surface area contributed by atoms with E-state index < -0.39 is 0 Å². The van der Waals surface area contributed by atoms with E-state index in [1.807, 2.05) is 0 Å². The molecule has 0 radical (unpaired) electrons. The number of para-hydroxylation sites is 1. The summed E-state index contributed by atoms with van der Waals surface area (Å²) in [4.78, 5) is 4.86. The second kappa shape index (κ2) is 13.9. The van der Waals surface area contributed by atoms with Gasteiger partial charge in [0.05, 0.1) is 5.52 Å². The standard InChI is InChI=1S/C44H50N4/c1-5-34-31-35(6-2)33-40(32-34)42(38-15-13-36(14-16-38)37-17-19-41(20-18-37)45(3)4)22-27-46-29-23-44(24-30-46,47-25-9-10-26-47)48-28-21-39-11-7-8-12-43(39)48/h7-21,25-26,28,31-33,42H,5-6,22-24,27,29-30H2,1-4H3. The Balaban J connectivity index is 1.13. The number of aryl methyl sites for hydroxylation is 2. The van der Waals surface area contributed by atoms with Gasteiger partial charge in [-0.1, -0.05) is 86.6 Å². The Bertz CT molecular complexity index is 1900. The summed E-state index contributed by atoms with van der Waals surface area (Å²) in [6.07, 6.45) is 12.2. The molecule has 0 aliphatic carbocycles. The molecule has 1 aliphatic heterocycles. The lowest BCUT2D eigenvalue weighted by atomic mass is 9.85. The van der Waals surface area contributed by atoms with Crippen molar-refractivity contribution >= 4 is 16.6 Å². The number of rotatable bonds is 11. The van der Waals surface area contributed by atoms with Crippen molar-refractivity contribution in [2.75, 3.05) is 38.6 Å². The molecule has 1 atom stereocenters. The number of benzene rings is 4. The largest absolute Gasteiger partial charge is 0.378 e. The van der Waals surface area contributed by atoms with Crippen LogP contribution in [-0.2, 0) is 18.5 Å². The minimum atomic E-state index is -0.0887. The van der Waals surface area contributed by atoms with E-state index in [2.05, 4.69) is 175 Å². The van der Waals surface area contributed by atoms with Gasteiger partial charge in [0.1, 0.15) is 5.66 Å². The van der Waals surface area contributed by atoms with Crippen LogP contribution in [0.4, 0.5) is 5.69 Å². The van der Waals surface area contributed by atoms with Crippen molar-refractivity contribution in [3.8, 4) is 11.1 Å². The second-order valence-electron chi connectivity index (χ2n) is 13.9. The Hall–Kier alpha value is -4.54. The number of fused-ring (bicyclic) bond motifs is 1. The highest BCUT2D eigenvalue weighted by molar-refractivity contribution is 5.80. The zero-order valence-corrected chi connectivity index (χ0v) is 29.1. The summed E-state index contributed by atoms with van der Waals surface area (Å²) < 4.78 is 5.00. The van der Waals surface area contributed by atoms with Crippen LogP contribution in [0.1, 0.15) is 61.3 Å². The monoisotopic (exact) mass is 634 g/mol. The number of hydrogen-bond donors (Lipinski definition) is 0. The van der Waals surface area contributed by atoms with Gasteiger partial charge in [-0.2, -0.15) is 0 Å². The minimum Gasteiger partial charge on any atom is -0.378 e. The summed E-state index contributed by atoms with van der Waals surface area (Å²) in [7, 11) is 4.18. The lowest BCUT2D eigenvalue weighted by Crippen LogP contribution is -2.50. The van der Waals surface area contributed by atoms with Gasteiger partial charge in [-0.15, -0.1) is 0 Å². The van der Waals surface area contributed by atoms with Crippen LogP contribution in [-0.4, -0.2) is 47.8 Å². The molecule has 1 unspecified atom stereocenters. The van der Waals surface area contributed by atoms with Gasteiger partial charge in [-0.25, -0.2) is 0 Å². The third-order valence-electron chi connectivity index (χ3n) is 10.8. The van der Waals surface area contributed by atoms with Crippen LogP contribution in [0.5, 0.6) is 0 Å². The maximum atomic E-state index is 2.71. The fraction of sp³-hybridized carbons (Fsp3) is 0.318. The van der Waals surface area contributed by atoms with Gasteiger partial charge in [-0.3, -0.25) is 0 Å². The summed E-state index contributed by atoms with van der Waals surface area (Å²) in [5.41, 5.74) is 10.8. The Labute approximate surface area is 287 Å². The third-order valence-corrected chi connectivity index (χ3v) is 10.8. The average molecular weight is 635 g/mol. The van der Waals surface area contributed by atoms with Crippen molar-refractivity contribution in [2.45, 2.75) is 57.5 Å². The first-order valence-electron chi connectivity index (χ1n) is 17.9. The van der Waals surface area contributed by atoms with E-state index in [1.54, 1.807) is 0 Å². The molecule has 0 bridgehead atoms. The van der Waals surface area contributed by atoms with E-state index in [-0.39, 0.29) is 5.66 Å². The van der Waals surface area contributed by atoms with Crippen molar-refractivity contribution in [3.05, 3.63) is 150 Å². The smallest absolute Gasteiger partial charge is 0.123 e. The molecule has 4 aromatic carbocycles. The van der Waals surface area contributed by atoms with Crippen LogP contribution in [0.15, 0.2) is 128 Å². The van der Waals surface area contributed by atoms with Crippen LogP contribution >= 0.6 is 0 Å². The maximum Gasteiger partial charge on any atom is 0.123 e. The zero-order chi connectivity index (χ0) is 33.1. The van der Waals surface area contributed by atoms with Crippen LogP contribution in [0, 0.1) is 0 Å². The van der Waals surface area contributed by atoms with E-state index in [0.29, 0.717) is 5.92 Å². The van der Waals surface area contributed by atoms with Crippen molar-refractivity contribution in [3.63, 3.8) is 0 Å². The highest BCUT2D eigenvalue weighted by Gasteiger charge is 2.38. The van der Waals surface area contributed by atoms with Crippen LogP contribution in [0.25, 0.3) is 22.0 Å². The second-order valence-corrected chi connectivity index (χ2v) is 13.9. The van der Waals surface area contributed by atoms with E-state index in [1.165, 1.54) is 50.0 Å². The molecule has 6 aromatic rings. The molecule has 1 fully saturated rings. The van der Waals surface area contributed by atoms with Crippen molar-refractivity contribution in [1.29, 1.82) is 0 Å². The number of anilines is 1. The van der Waals surface area contributed by atoms with Crippen LogP contribution in [0.3, 0.4) is 0 Å². The molecule has 0 N–H and O–H groups in total. The summed E-state index contributed by atoms with van der Waals surface area (Å²) >= 11 is 0. The molecule has 3 heterocycles. The molecule has 4 nitrogen and oxygen atoms in total. The molecular weight excluding hydrogens is 585 g/mol. The molecule has 0 saturated carbocycles. The highest BCUT2D eigenvalue weighted by Crippen LogP contribution is 2.37. The van der Waals surface area contributed by atoms with E-state index in [0.717, 1.165) is 51.7 Å². The molecule has 7 rings (SSSR count). The Morgan fingerprint density at radius 3 is 1.92 bits per heavy atom. The Morgan fingerprint density at radius 1 is 0.667 bits per heavy atom. The molecule has 1 aliphatic rings. The summed E-state index contributed by atoms with van der Waals surface area (Å²) in [6.45, 7) is 7.80. The van der Waals surface area contributed by atoms with Gasteiger partial charge < -0.3 is 18.9 Å². The van der Waals surface area contributed by atoms with Gasteiger partial charge in [0.15, 0.2) is 0 Å². The normalized spacial score (nSPS) is 15.5. The molecule has 2 aromatic heterocycles. The maximum absolute atomic E-state index is 2.71. The molecule has 1 saturated heterocycles. The van der Waals surface area contributed by atoms with Crippen molar-refractivity contribution in [2.24, 2.45) is 0 Å². The number of aromatic nitrogens is 2. The van der Waals surface area contributed by atoms with Crippen molar-refractivity contribution in [1.82, 2.24) is 14.0 Å². The predicted octanol–water partition coefficient (Wildman–Crippen LogP) is 9.82. The highest BCUT2D eigenvalue weighted by atomic mass is 15.3. The molecule has 0 spiro atoms. The third kappa shape index (κ3) is 6.34. The number of nitrogens with zero attached hydrogens (tertiary/aromatic N) is 4. The minimum absolute atomic E-state index is 0.0887. The van der Waals surface area contributed by atoms with Crippen molar-refractivity contribution < 1.29 is 0 Å². The molecular formula is C44H50N4. The quantitative estimate of drug-likeness (QED) is 0.141.